The first-order chi connectivity index (χ1) is 9.36. The summed E-state index contributed by atoms with van der Waals surface area (Å²) in [4.78, 5) is 23.0. The number of anilines is 1. The zero-order chi connectivity index (χ0) is 14.9. The van der Waals surface area contributed by atoms with Gasteiger partial charge in [-0.05, 0) is 24.3 Å². The molecule has 20 heavy (non-hydrogen) atoms. The Labute approximate surface area is 114 Å². The van der Waals surface area contributed by atoms with Crippen LogP contribution in [0.5, 0.6) is 5.75 Å². The molecule has 2 amide bonds. The SMILES string of the molecule is COc1ccc(N2NC(NC(C)=O)C(O)(O)C2=O)cc1. The van der Waals surface area contributed by atoms with Gasteiger partial charge in [0.2, 0.25) is 5.91 Å². The molecule has 1 unspecified atom stereocenters. The minimum Gasteiger partial charge on any atom is -0.497 e. The van der Waals surface area contributed by atoms with Crippen molar-refractivity contribution in [2.75, 3.05) is 12.1 Å². The number of hydrogen-bond donors (Lipinski definition) is 4. The molecular weight excluding hydrogens is 266 g/mol. The molecule has 1 saturated heterocycles. The largest absolute Gasteiger partial charge is 0.497 e. The highest BCUT2D eigenvalue weighted by atomic mass is 16.5. The van der Waals surface area contributed by atoms with Gasteiger partial charge in [0, 0.05) is 6.92 Å². The summed E-state index contributed by atoms with van der Waals surface area (Å²) in [5.74, 6) is -3.61. The quantitative estimate of drug-likeness (QED) is 0.512. The Balaban J connectivity index is 2.24. The number of amides is 2. The van der Waals surface area contributed by atoms with E-state index >= 15 is 0 Å². The molecule has 0 saturated carbocycles. The van der Waals surface area contributed by atoms with Crippen molar-refractivity contribution in [2.24, 2.45) is 0 Å². The summed E-state index contributed by atoms with van der Waals surface area (Å²) < 4.78 is 4.99. The number of ether oxygens (including phenoxy) is 1. The zero-order valence-corrected chi connectivity index (χ0v) is 11.0. The normalized spacial score (nSPS) is 20.9. The van der Waals surface area contributed by atoms with Crippen LogP contribution in [0.2, 0.25) is 0 Å². The van der Waals surface area contributed by atoms with Gasteiger partial charge >= 0.3 is 5.91 Å². The van der Waals surface area contributed by atoms with Crippen LogP contribution in [0.3, 0.4) is 0 Å². The average molecular weight is 281 g/mol. The predicted molar refractivity (Wildman–Crippen MR) is 68.4 cm³/mol. The molecule has 1 aromatic carbocycles. The molecule has 1 atom stereocenters. The first-order valence-corrected chi connectivity index (χ1v) is 5.83. The van der Waals surface area contributed by atoms with E-state index in [0.717, 1.165) is 5.01 Å². The van der Waals surface area contributed by atoms with E-state index in [0.29, 0.717) is 11.4 Å². The lowest BCUT2D eigenvalue weighted by atomic mass is 10.2. The summed E-state index contributed by atoms with van der Waals surface area (Å²) in [6.07, 6.45) is -1.32. The summed E-state index contributed by atoms with van der Waals surface area (Å²) in [5, 5.41) is 22.7. The van der Waals surface area contributed by atoms with Crippen molar-refractivity contribution < 1.29 is 24.5 Å². The monoisotopic (exact) mass is 281 g/mol. The number of hydrogen-bond acceptors (Lipinski definition) is 6. The fourth-order valence-electron chi connectivity index (χ4n) is 1.83. The Kier molecular flexibility index (Phi) is 3.62. The summed E-state index contributed by atoms with van der Waals surface area (Å²) in [6.45, 7) is 1.21. The standard InChI is InChI=1S/C12H15N3O5/c1-7(16)13-10-12(18,19)11(17)15(14-10)8-3-5-9(20-2)6-4-8/h3-6,10,14,18-19H,1-2H3,(H,13,16). The highest BCUT2D eigenvalue weighted by molar-refractivity contribution is 6.00. The molecule has 1 fully saturated rings. The molecule has 0 spiro atoms. The van der Waals surface area contributed by atoms with E-state index in [1.54, 1.807) is 24.3 Å². The van der Waals surface area contributed by atoms with Gasteiger partial charge in [0.25, 0.3) is 5.79 Å². The number of aliphatic hydroxyl groups is 2. The van der Waals surface area contributed by atoms with Crippen LogP contribution in [0.15, 0.2) is 24.3 Å². The van der Waals surface area contributed by atoms with E-state index < -0.39 is 23.8 Å². The highest BCUT2D eigenvalue weighted by Gasteiger charge is 2.53. The Morgan fingerprint density at radius 1 is 1.40 bits per heavy atom. The van der Waals surface area contributed by atoms with Crippen molar-refractivity contribution in [1.29, 1.82) is 0 Å². The van der Waals surface area contributed by atoms with E-state index in [1.165, 1.54) is 14.0 Å². The molecule has 8 heteroatoms. The third-order valence-corrected chi connectivity index (χ3v) is 2.86. The molecule has 108 valence electrons. The van der Waals surface area contributed by atoms with Gasteiger partial charge in [-0.25, -0.2) is 5.01 Å². The Morgan fingerprint density at radius 3 is 2.50 bits per heavy atom. The minimum atomic E-state index is -2.72. The first kappa shape index (κ1) is 14.3. The molecular formula is C12H15N3O5. The van der Waals surface area contributed by atoms with Crippen LogP contribution in [0, 0.1) is 0 Å². The van der Waals surface area contributed by atoms with Gasteiger partial charge in [-0.3, -0.25) is 9.59 Å². The molecule has 0 radical (unpaired) electrons. The van der Waals surface area contributed by atoms with Crippen molar-refractivity contribution in [3.05, 3.63) is 24.3 Å². The molecule has 1 aliphatic rings. The second-order valence-electron chi connectivity index (χ2n) is 4.33. The predicted octanol–water partition coefficient (Wildman–Crippen LogP) is -1.31. The topological polar surface area (TPSA) is 111 Å². The summed E-state index contributed by atoms with van der Waals surface area (Å²) in [5.41, 5.74) is 2.91. The molecule has 4 N–H and O–H groups in total. The van der Waals surface area contributed by atoms with E-state index in [9.17, 15) is 19.8 Å². The van der Waals surface area contributed by atoms with Crippen LogP contribution in [-0.2, 0) is 9.59 Å². The number of carbonyl (C=O) groups is 2. The number of hydrazine groups is 1. The van der Waals surface area contributed by atoms with E-state index in [-0.39, 0.29) is 0 Å². The third-order valence-electron chi connectivity index (χ3n) is 2.86. The Morgan fingerprint density at radius 2 is 2.00 bits per heavy atom. The van der Waals surface area contributed by atoms with Crippen LogP contribution >= 0.6 is 0 Å². The summed E-state index contributed by atoms with van der Waals surface area (Å²) in [6, 6.07) is 6.37. The maximum atomic E-state index is 12.0. The van der Waals surface area contributed by atoms with Gasteiger partial charge in [0.15, 0.2) is 6.17 Å². The van der Waals surface area contributed by atoms with Gasteiger partial charge in [-0.1, -0.05) is 0 Å². The van der Waals surface area contributed by atoms with Gasteiger partial charge in [-0.15, -0.1) is 0 Å². The van der Waals surface area contributed by atoms with Crippen molar-refractivity contribution in [3.63, 3.8) is 0 Å². The number of rotatable bonds is 3. The maximum absolute atomic E-state index is 12.0. The van der Waals surface area contributed by atoms with Crippen molar-refractivity contribution in [3.8, 4) is 5.75 Å². The van der Waals surface area contributed by atoms with Crippen LogP contribution in [0.4, 0.5) is 5.69 Å². The lowest BCUT2D eigenvalue weighted by molar-refractivity contribution is -0.184. The Bertz CT molecular complexity index is 528. The van der Waals surface area contributed by atoms with Gasteiger partial charge in [0.1, 0.15) is 5.75 Å². The van der Waals surface area contributed by atoms with Crippen LogP contribution in [-0.4, -0.2) is 41.1 Å². The molecule has 1 aliphatic heterocycles. The average Bonchev–Trinajstić information content (AvgIpc) is 2.62. The van der Waals surface area contributed by atoms with E-state index in [2.05, 4.69) is 10.7 Å². The second kappa shape index (κ2) is 5.08. The second-order valence-corrected chi connectivity index (χ2v) is 4.33. The summed E-state index contributed by atoms with van der Waals surface area (Å²) in [7, 11) is 1.51. The van der Waals surface area contributed by atoms with E-state index in [4.69, 9.17) is 4.74 Å². The lowest BCUT2D eigenvalue weighted by Gasteiger charge is -2.19. The van der Waals surface area contributed by atoms with Gasteiger partial charge in [0.05, 0.1) is 12.8 Å². The molecule has 2 rings (SSSR count). The number of nitrogens with one attached hydrogen (secondary N) is 2. The number of methoxy groups -OCH3 is 1. The minimum absolute atomic E-state index is 0.385. The molecule has 0 aromatic heterocycles. The highest BCUT2D eigenvalue weighted by Crippen LogP contribution is 2.25. The summed E-state index contributed by atoms with van der Waals surface area (Å²) >= 11 is 0. The number of carbonyl (C=O) groups excluding carboxylic acids is 2. The molecule has 1 aromatic rings. The number of nitrogens with zero attached hydrogens (tertiary/aromatic N) is 1. The van der Waals surface area contributed by atoms with Crippen molar-refractivity contribution >= 4 is 17.5 Å². The Hall–Kier alpha value is -2.16. The molecule has 8 nitrogen and oxygen atoms in total. The maximum Gasteiger partial charge on any atom is 0.305 e. The molecule has 0 aliphatic carbocycles. The smallest absolute Gasteiger partial charge is 0.305 e. The third kappa shape index (κ3) is 2.44. The van der Waals surface area contributed by atoms with Gasteiger partial charge in [-0.2, -0.15) is 5.43 Å². The first-order valence-electron chi connectivity index (χ1n) is 5.83. The van der Waals surface area contributed by atoms with Crippen LogP contribution < -0.4 is 20.5 Å². The zero-order valence-electron chi connectivity index (χ0n) is 11.0. The lowest BCUT2D eigenvalue weighted by Crippen LogP contribution is -2.56. The van der Waals surface area contributed by atoms with Crippen molar-refractivity contribution in [1.82, 2.24) is 10.7 Å². The van der Waals surface area contributed by atoms with Crippen LogP contribution in [0.25, 0.3) is 0 Å². The van der Waals surface area contributed by atoms with Crippen molar-refractivity contribution in [2.45, 2.75) is 18.9 Å². The number of benzene rings is 1. The fraction of sp³-hybridized carbons (Fsp3) is 0.333. The fourth-order valence-corrected chi connectivity index (χ4v) is 1.83. The van der Waals surface area contributed by atoms with Crippen LogP contribution in [0.1, 0.15) is 6.92 Å². The molecule has 1 heterocycles. The molecule has 0 bridgehead atoms. The van der Waals surface area contributed by atoms with E-state index in [1.807, 2.05) is 0 Å². The van der Waals surface area contributed by atoms with Gasteiger partial charge < -0.3 is 20.3 Å².